The molecule has 0 aliphatic carbocycles. The first-order valence-corrected chi connectivity index (χ1v) is 7.53. The summed E-state index contributed by atoms with van der Waals surface area (Å²) in [7, 11) is 0. The molecule has 1 heterocycles. The molecule has 0 spiro atoms. The highest BCUT2D eigenvalue weighted by Gasteiger charge is 2.27. The molecule has 0 saturated carbocycles. The molecule has 4 nitrogen and oxygen atoms in total. The SMILES string of the molecule is CCCNCc1ccc(Cl)cc1N1CCC(C(N)=O)C1. The predicted molar refractivity (Wildman–Crippen MR) is 83.0 cm³/mol. The van der Waals surface area contributed by atoms with Crippen molar-refractivity contribution in [3.8, 4) is 0 Å². The van der Waals surface area contributed by atoms with Crippen LogP contribution < -0.4 is 16.0 Å². The fraction of sp³-hybridized carbons (Fsp3) is 0.533. The van der Waals surface area contributed by atoms with Gasteiger partial charge < -0.3 is 16.0 Å². The zero-order chi connectivity index (χ0) is 14.5. The smallest absolute Gasteiger partial charge is 0.222 e. The summed E-state index contributed by atoms with van der Waals surface area (Å²) in [5, 5.41) is 4.13. The van der Waals surface area contributed by atoms with Crippen LogP contribution in [-0.4, -0.2) is 25.5 Å². The van der Waals surface area contributed by atoms with Crippen molar-refractivity contribution in [1.29, 1.82) is 0 Å². The van der Waals surface area contributed by atoms with E-state index in [1.807, 2.05) is 12.1 Å². The lowest BCUT2D eigenvalue weighted by Crippen LogP contribution is -2.28. The van der Waals surface area contributed by atoms with Gasteiger partial charge in [0.1, 0.15) is 0 Å². The van der Waals surface area contributed by atoms with E-state index in [2.05, 4.69) is 23.2 Å². The number of primary amides is 1. The van der Waals surface area contributed by atoms with Crippen LogP contribution in [0.4, 0.5) is 5.69 Å². The van der Waals surface area contributed by atoms with E-state index in [1.165, 1.54) is 5.56 Å². The minimum Gasteiger partial charge on any atom is -0.370 e. The number of carbonyl (C=O) groups excluding carboxylic acids is 1. The molecule has 20 heavy (non-hydrogen) atoms. The first-order valence-electron chi connectivity index (χ1n) is 7.15. The zero-order valence-corrected chi connectivity index (χ0v) is 12.6. The van der Waals surface area contributed by atoms with Crippen molar-refractivity contribution in [3.05, 3.63) is 28.8 Å². The van der Waals surface area contributed by atoms with Gasteiger partial charge in [-0.25, -0.2) is 0 Å². The summed E-state index contributed by atoms with van der Waals surface area (Å²) in [5.41, 5.74) is 7.73. The Kier molecular flexibility index (Phi) is 5.26. The lowest BCUT2D eigenvalue weighted by molar-refractivity contribution is -0.121. The van der Waals surface area contributed by atoms with Gasteiger partial charge in [0.15, 0.2) is 0 Å². The quantitative estimate of drug-likeness (QED) is 0.791. The van der Waals surface area contributed by atoms with Crippen LogP contribution in [0.1, 0.15) is 25.3 Å². The average Bonchev–Trinajstić information content (AvgIpc) is 2.90. The van der Waals surface area contributed by atoms with Crippen LogP contribution in [-0.2, 0) is 11.3 Å². The highest BCUT2D eigenvalue weighted by Crippen LogP contribution is 2.29. The Morgan fingerprint density at radius 1 is 1.55 bits per heavy atom. The summed E-state index contributed by atoms with van der Waals surface area (Å²) < 4.78 is 0. The molecule has 1 saturated heterocycles. The highest BCUT2D eigenvalue weighted by molar-refractivity contribution is 6.30. The maximum Gasteiger partial charge on any atom is 0.222 e. The van der Waals surface area contributed by atoms with Gasteiger partial charge >= 0.3 is 0 Å². The van der Waals surface area contributed by atoms with E-state index in [9.17, 15) is 4.79 Å². The van der Waals surface area contributed by atoms with Gasteiger partial charge in [0.25, 0.3) is 0 Å². The van der Waals surface area contributed by atoms with Gasteiger partial charge in [-0.3, -0.25) is 4.79 Å². The van der Waals surface area contributed by atoms with Gasteiger partial charge in [-0.2, -0.15) is 0 Å². The highest BCUT2D eigenvalue weighted by atomic mass is 35.5. The summed E-state index contributed by atoms with van der Waals surface area (Å²) in [6.45, 7) is 5.50. The normalized spacial score (nSPS) is 18.5. The number of nitrogens with zero attached hydrogens (tertiary/aromatic N) is 1. The van der Waals surface area contributed by atoms with E-state index in [4.69, 9.17) is 17.3 Å². The number of halogens is 1. The van der Waals surface area contributed by atoms with Crippen LogP contribution in [0, 0.1) is 5.92 Å². The minimum atomic E-state index is -0.208. The van der Waals surface area contributed by atoms with Crippen LogP contribution in [0.15, 0.2) is 18.2 Å². The Balaban J connectivity index is 2.13. The molecular formula is C15H22ClN3O. The topological polar surface area (TPSA) is 58.4 Å². The van der Waals surface area contributed by atoms with E-state index in [0.717, 1.165) is 43.2 Å². The van der Waals surface area contributed by atoms with Crippen LogP contribution in [0.3, 0.4) is 0 Å². The van der Waals surface area contributed by atoms with Crippen LogP contribution >= 0.6 is 11.6 Å². The Bertz CT molecular complexity index is 478. The molecule has 1 amide bonds. The molecule has 1 unspecified atom stereocenters. The number of nitrogens with two attached hydrogens (primary N) is 1. The molecule has 1 aromatic rings. The third kappa shape index (κ3) is 3.64. The summed E-state index contributed by atoms with van der Waals surface area (Å²) in [6.07, 6.45) is 1.93. The molecule has 5 heteroatoms. The first-order chi connectivity index (χ1) is 9.61. The minimum absolute atomic E-state index is 0.0505. The molecule has 110 valence electrons. The maximum absolute atomic E-state index is 11.3. The number of nitrogens with one attached hydrogen (secondary N) is 1. The molecule has 1 aromatic carbocycles. The standard InChI is InChI=1S/C15H22ClN3O/c1-2-6-18-9-11-3-4-13(16)8-14(11)19-7-5-12(10-19)15(17)20/h3-4,8,12,18H,2,5-7,9-10H2,1H3,(H2,17,20). The monoisotopic (exact) mass is 295 g/mol. The third-order valence-electron chi connectivity index (χ3n) is 3.72. The van der Waals surface area contributed by atoms with Crippen molar-refractivity contribution in [1.82, 2.24) is 5.32 Å². The van der Waals surface area contributed by atoms with E-state index >= 15 is 0 Å². The Hall–Kier alpha value is -1.26. The molecule has 1 fully saturated rings. The van der Waals surface area contributed by atoms with Crippen molar-refractivity contribution in [2.75, 3.05) is 24.5 Å². The average molecular weight is 296 g/mol. The number of amides is 1. The van der Waals surface area contributed by atoms with Crippen molar-refractivity contribution < 1.29 is 4.79 Å². The number of hydrogen-bond donors (Lipinski definition) is 2. The summed E-state index contributed by atoms with van der Waals surface area (Å²) in [6, 6.07) is 5.95. The summed E-state index contributed by atoms with van der Waals surface area (Å²) in [5.74, 6) is -0.259. The van der Waals surface area contributed by atoms with Gasteiger partial charge in [0, 0.05) is 30.3 Å². The van der Waals surface area contributed by atoms with Crippen LogP contribution in [0.5, 0.6) is 0 Å². The van der Waals surface area contributed by atoms with Gasteiger partial charge in [0.2, 0.25) is 5.91 Å². The first kappa shape index (κ1) is 15.1. The number of hydrogen-bond acceptors (Lipinski definition) is 3. The summed E-state index contributed by atoms with van der Waals surface area (Å²) >= 11 is 6.12. The van der Waals surface area contributed by atoms with Crippen molar-refractivity contribution >= 4 is 23.2 Å². The molecule has 2 rings (SSSR count). The second kappa shape index (κ2) is 6.95. The molecule has 1 aliphatic heterocycles. The molecular weight excluding hydrogens is 274 g/mol. The zero-order valence-electron chi connectivity index (χ0n) is 11.9. The van der Waals surface area contributed by atoms with Gasteiger partial charge in [0.05, 0.1) is 5.92 Å². The Morgan fingerprint density at radius 2 is 2.35 bits per heavy atom. The molecule has 1 atom stereocenters. The van der Waals surface area contributed by atoms with Crippen molar-refractivity contribution in [2.45, 2.75) is 26.3 Å². The molecule has 0 radical (unpaired) electrons. The fourth-order valence-electron chi connectivity index (χ4n) is 2.59. The largest absolute Gasteiger partial charge is 0.370 e. The van der Waals surface area contributed by atoms with Gasteiger partial charge in [-0.1, -0.05) is 24.6 Å². The van der Waals surface area contributed by atoms with Crippen molar-refractivity contribution in [3.63, 3.8) is 0 Å². The number of benzene rings is 1. The van der Waals surface area contributed by atoms with Gasteiger partial charge in [-0.05, 0) is 37.1 Å². The molecule has 0 bridgehead atoms. The molecule has 3 N–H and O–H groups in total. The number of anilines is 1. The second-order valence-electron chi connectivity index (χ2n) is 5.28. The second-order valence-corrected chi connectivity index (χ2v) is 5.72. The number of rotatable bonds is 6. The Labute approximate surface area is 125 Å². The van der Waals surface area contributed by atoms with E-state index in [0.29, 0.717) is 6.54 Å². The molecule has 1 aliphatic rings. The fourth-order valence-corrected chi connectivity index (χ4v) is 2.76. The van der Waals surface area contributed by atoms with E-state index in [-0.39, 0.29) is 11.8 Å². The summed E-state index contributed by atoms with van der Waals surface area (Å²) in [4.78, 5) is 13.5. The number of carbonyl (C=O) groups is 1. The van der Waals surface area contributed by atoms with E-state index < -0.39 is 0 Å². The van der Waals surface area contributed by atoms with E-state index in [1.54, 1.807) is 0 Å². The predicted octanol–water partition coefficient (Wildman–Crippen LogP) is 2.15. The van der Waals surface area contributed by atoms with Gasteiger partial charge in [-0.15, -0.1) is 0 Å². The Morgan fingerprint density at radius 3 is 3.00 bits per heavy atom. The lowest BCUT2D eigenvalue weighted by atomic mass is 10.1. The van der Waals surface area contributed by atoms with Crippen molar-refractivity contribution in [2.24, 2.45) is 11.7 Å². The third-order valence-corrected chi connectivity index (χ3v) is 3.96. The lowest BCUT2D eigenvalue weighted by Gasteiger charge is -2.22. The van der Waals surface area contributed by atoms with Crippen LogP contribution in [0.25, 0.3) is 0 Å². The maximum atomic E-state index is 11.3. The molecule has 0 aromatic heterocycles. The van der Waals surface area contributed by atoms with Crippen LogP contribution in [0.2, 0.25) is 5.02 Å².